The fourth-order valence-electron chi connectivity index (χ4n) is 3.82. The number of nitrogens with zero attached hydrogens (tertiary/aromatic N) is 2. The SMILES string of the molecule is N[C@@]1(C(=O)O)CN(S(=O)(=O)N(CC2CC2)C2CNC2)C[C@@H]1CCCB(O)O.O=C(O)C(F)(F)F. The molecule has 2 aliphatic heterocycles. The van der Waals surface area contributed by atoms with Crippen molar-refractivity contribution in [1.29, 1.82) is 0 Å². The van der Waals surface area contributed by atoms with Gasteiger partial charge in [-0.3, -0.25) is 4.79 Å². The van der Waals surface area contributed by atoms with Crippen molar-refractivity contribution in [1.82, 2.24) is 13.9 Å². The van der Waals surface area contributed by atoms with Crippen LogP contribution in [0.15, 0.2) is 0 Å². The van der Waals surface area contributed by atoms with Gasteiger partial charge in [-0.2, -0.15) is 30.2 Å². The van der Waals surface area contributed by atoms with Crippen LogP contribution in [0.25, 0.3) is 0 Å². The second-order valence-electron chi connectivity index (χ2n) is 8.88. The summed E-state index contributed by atoms with van der Waals surface area (Å²) in [7, 11) is -5.28. The van der Waals surface area contributed by atoms with Gasteiger partial charge in [-0.05, 0) is 31.5 Å². The van der Waals surface area contributed by atoms with Gasteiger partial charge in [0, 0.05) is 38.6 Å². The quantitative estimate of drug-likeness (QED) is 0.186. The van der Waals surface area contributed by atoms with E-state index in [0.29, 0.717) is 38.4 Å². The number of carboxylic acids is 2. The second-order valence-corrected chi connectivity index (χ2v) is 10.8. The summed E-state index contributed by atoms with van der Waals surface area (Å²) >= 11 is 0. The van der Waals surface area contributed by atoms with Crippen LogP contribution < -0.4 is 11.1 Å². The number of hydrogen-bond donors (Lipinski definition) is 6. The first-order chi connectivity index (χ1) is 15.6. The highest BCUT2D eigenvalue weighted by atomic mass is 32.2. The summed E-state index contributed by atoms with van der Waals surface area (Å²) in [6, 6.07) is -0.101. The van der Waals surface area contributed by atoms with E-state index >= 15 is 0 Å². The predicted molar refractivity (Wildman–Crippen MR) is 113 cm³/mol. The Morgan fingerprint density at radius 3 is 2.15 bits per heavy atom. The Morgan fingerprint density at radius 1 is 1.21 bits per heavy atom. The molecule has 0 unspecified atom stereocenters. The lowest BCUT2D eigenvalue weighted by atomic mass is 9.78. The molecule has 0 bridgehead atoms. The molecule has 0 spiro atoms. The maximum absolute atomic E-state index is 13.3. The topological polar surface area (TPSA) is 194 Å². The van der Waals surface area contributed by atoms with Gasteiger partial charge in [0.25, 0.3) is 10.2 Å². The van der Waals surface area contributed by atoms with Crippen molar-refractivity contribution < 1.29 is 51.4 Å². The molecule has 1 aliphatic carbocycles. The van der Waals surface area contributed by atoms with Crippen LogP contribution in [0.4, 0.5) is 13.2 Å². The van der Waals surface area contributed by atoms with Crippen LogP contribution in [0, 0.1) is 11.8 Å². The molecule has 1 saturated carbocycles. The fourth-order valence-corrected chi connectivity index (χ4v) is 5.79. The van der Waals surface area contributed by atoms with Crippen LogP contribution in [-0.4, -0.2) is 107 Å². The first-order valence-electron chi connectivity index (χ1n) is 10.7. The molecule has 2 heterocycles. The number of carbonyl (C=O) groups is 2. The Hall–Kier alpha value is -1.50. The monoisotopic (exact) mass is 518 g/mol. The zero-order valence-electron chi connectivity index (χ0n) is 18.3. The highest BCUT2D eigenvalue weighted by Crippen LogP contribution is 2.36. The molecule has 0 radical (unpaired) electrons. The van der Waals surface area contributed by atoms with Crippen molar-refractivity contribution in [2.75, 3.05) is 32.7 Å². The van der Waals surface area contributed by atoms with Crippen LogP contribution in [0.5, 0.6) is 0 Å². The fraction of sp³-hybridized carbons (Fsp3) is 0.882. The molecule has 0 amide bonds. The van der Waals surface area contributed by atoms with E-state index in [1.165, 1.54) is 8.61 Å². The smallest absolute Gasteiger partial charge is 0.480 e. The number of aliphatic carboxylic acids is 2. The van der Waals surface area contributed by atoms with E-state index in [4.69, 9.17) is 25.7 Å². The molecular weight excluding hydrogens is 488 g/mol. The van der Waals surface area contributed by atoms with Crippen LogP contribution in [0.1, 0.15) is 25.7 Å². The van der Waals surface area contributed by atoms with E-state index in [9.17, 15) is 31.5 Å². The molecule has 2 saturated heterocycles. The Kier molecular flexibility index (Phi) is 9.34. The summed E-state index contributed by atoms with van der Waals surface area (Å²) in [5.41, 5.74) is 4.45. The van der Waals surface area contributed by atoms with Crippen LogP contribution >= 0.6 is 0 Å². The minimum Gasteiger partial charge on any atom is -0.480 e. The van der Waals surface area contributed by atoms with Crippen molar-refractivity contribution in [3.8, 4) is 0 Å². The molecule has 7 N–H and O–H groups in total. The molecule has 3 rings (SSSR count). The van der Waals surface area contributed by atoms with E-state index in [1.54, 1.807) is 0 Å². The van der Waals surface area contributed by atoms with Crippen molar-refractivity contribution >= 4 is 29.3 Å². The normalized spacial score (nSPS) is 26.0. The van der Waals surface area contributed by atoms with Crippen molar-refractivity contribution in [2.45, 2.75) is 49.8 Å². The van der Waals surface area contributed by atoms with Crippen LogP contribution in [0.2, 0.25) is 6.32 Å². The summed E-state index contributed by atoms with van der Waals surface area (Å²) in [6.07, 6.45) is -2.26. The summed E-state index contributed by atoms with van der Waals surface area (Å²) in [6.45, 7) is 1.44. The average molecular weight is 518 g/mol. The predicted octanol–water partition coefficient (Wildman–Crippen LogP) is -1.48. The lowest BCUT2D eigenvalue weighted by molar-refractivity contribution is -0.192. The van der Waals surface area contributed by atoms with Crippen molar-refractivity contribution in [3.63, 3.8) is 0 Å². The number of alkyl halides is 3. The number of nitrogens with two attached hydrogens (primary N) is 1. The highest BCUT2D eigenvalue weighted by Gasteiger charge is 2.54. The molecule has 0 aromatic heterocycles. The largest absolute Gasteiger partial charge is 0.490 e. The summed E-state index contributed by atoms with van der Waals surface area (Å²) in [5.74, 6) is -4.18. The van der Waals surface area contributed by atoms with Gasteiger partial charge in [-0.25, -0.2) is 4.79 Å². The van der Waals surface area contributed by atoms with Gasteiger partial charge in [0.05, 0.1) is 6.04 Å². The summed E-state index contributed by atoms with van der Waals surface area (Å²) < 4.78 is 61.0. The third-order valence-corrected chi connectivity index (χ3v) is 8.14. The highest BCUT2D eigenvalue weighted by molar-refractivity contribution is 7.86. The lowest BCUT2D eigenvalue weighted by Crippen LogP contribution is -2.62. The Bertz CT molecular complexity index is 841. The Morgan fingerprint density at radius 2 is 1.76 bits per heavy atom. The molecule has 17 heteroatoms. The maximum Gasteiger partial charge on any atom is 0.490 e. The molecule has 12 nitrogen and oxygen atoms in total. The molecule has 3 fully saturated rings. The van der Waals surface area contributed by atoms with Gasteiger partial charge >= 0.3 is 25.2 Å². The number of carboxylic acid groups (broad SMARTS) is 2. The summed E-state index contributed by atoms with van der Waals surface area (Å²) in [5, 5.41) is 37.8. The third-order valence-electron chi connectivity index (χ3n) is 6.17. The minimum atomic E-state index is -5.08. The van der Waals surface area contributed by atoms with Gasteiger partial charge < -0.3 is 31.3 Å². The van der Waals surface area contributed by atoms with Crippen molar-refractivity contribution in [3.05, 3.63) is 0 Å². The molecule has 34 heavy (non-hydrogen) atoms. The van der Waals surface area contributed by atoms with E-state index in [1.807, 2.05) is 0 Å². The van der Waals surface area contributed by atoms with Gasteiger partial charge in [0.1, 0.15) is 5.54 Å². The summed E-state index contributed by atoms with van der Waals surface area (Å²) in [4.78, 5) is 20.7. The second kappa shape index (κ2) is 11.1. The number of halogens is 3. The Labute approximate surface area is 195 Å². The van der Waals surface area contributed by atoms with Gasteiger partial charge in [-0.15, -0.1) is 0 Å². The molecule has 196 valence electrons. The zero-order chi connectivity index (χ0) is 25.9. The molecule has 2 atom stereocenters. The Balaban J connectivity index is 0.000000509. The first-order valence-corrected chi connectivity index (χ1v) is 12.1. The van der Waals surface area contributed by atoms with E-state index < -0.39 is 46.9 Å². The van der Waals surface area contributed by atoms with Gasteiger partial charge in [0.2, 0.25) is 0 Å². The molecule has 0 aromatic rings. The van der Waals surface area contributed by atoms with E-state index in [-0.39, 0.29) is 25.5 Å². The van der Waals surface area contributed by atoms with Crippen molar-refractivity contribution in [2.24, 2.45) is 17.6 Å². The minimum absolute atomic E-state index is 0.0357. The standard InChI is InChI=1S/C15H29BN4O6S.C2HF3O2/c17-15(14(21)22)10-19(9-12(15)2-1-5-16(23)24)27(25,26)20(8-11-3-4-11)13-6-18-7-13;3-2(4,5)1(6)7/h11-13,18,23-24H,1-10,17H2,(H,21,22);(H,6,7)/t12-,15-;/m0./s1. The number of rotatable bonds is 10. The zero-order valence-corrected chi connectivity index (χ0v) is 19.1. The molecule has 0 aromatic carbocycles. The van der Waals surface area contributed by atoms with Gasteiger partial charge in [-0.1, -0.05) is 6.42 Å². The molecule has 3 aliphatic rings. The molecular formula is C17H30BF3N4O8S. The maximum atomic E-state index is 13.3. The third kappa shape index (κ3) is 7.25. The van der Waals surface area contributed by atoms with E-state index in [0.717, 1.165) is 12.8 Å². The van der Waals surface area contributed by atoms with Crippen LogP contribution in [-0.2, 0) is 19.8 Å². The van der Waals surface area contributed by atoms with Crippen LogP contribution in [0.3, 0.4) is 0 Å². The van der Waals surface area contributed by atoms with E-state index in [2.05, 4.69) is 5.32 Å². The van der Waals surface area contributed by atoms with Gasteiger partial charge in [0.15, 0.2) is 0 Å². The number of nitrogens with one attached hydrogen (secondary N) is 1. The number of hydrogen-bond acceptors (Lipinski definition) is 8. The first kappa shape index (κ1) is 28.7. The average Bonchev–Trinajstić information content (AvgIpc) is 3.41. The lowest BCUT2D eigenvalue weighted by Gasteiger charge is -2.39.